The first-order valence-electron chi connectivity index (χ1n) is 7.68. The summed E-state index contributed by atoms with van der Waals surface area (Å²) in [5, 5.41) is 3.38. The molecule has 0 saturated heterocycles. The molecule has 0 bridgehead atoms. The molecule has 3 rings (SSSR count). The smallest absolute Gasteiger partial charge is 0.139 e. The average molecular weight is 295 g/mol. The van der Waals surface area contributed by atoms with Crippen LogP contribution in [0.5, 0.6) is 0 Å². The molecule has 0 atom stereocenters. The predicted molar refractivity (Wildman–Crippen MR) is 89.5 cm³/mol. The molecule has 1 aliphatic rings. The fourth-order valence-electron chi connectivity index (χ4n) is 2.55. The molecule has 0 radical (unpaired) electrons. The molecule has 2 aromatic heterocycles. The Morgan fingerprint density at radius 2 is 2.05 bits per heavy atom. The molecule has 0 spiro atoms. The number of hydrogen-bond donors (Lipinski definition) is 1. The lowest BCUT2D eigenvalue weighted by Gasteiger charge is -2.23. The van der Waals surface area contributed by atoms with Crippen molar-refractivity contribution >= 4 is 11.7 Å². The summed E-state index contributed by atoms with van der Waals surface area (Å²) >= 11 is 0. The number of hydrogen-bond acceptors (Lipinski definition) is 5. The van der Waals surface area contributed by atoms with Crippen LogP contribution in [0.2, 0.25) is 0 Å². The van der Waals surface area contributed by atoms with Crippen LogP contribution in [0.3, 0.4) is 0 Å². The zero-order valence-electron chi connectivity index (χ0n) is 12.9. The first-order valence-corrected chi connectivity index (χ1v) is 7.68. The van der Waals surface area contributed by atoms with Gasteiger partial charge in [-0.1, -0.05) is 0 Å². The molecule has 0 amide bonds. The largest absolute Gasteiger partial charge is 0.370 e. The Labute approximate surface area is 131 Å². The second kappa shape index (κ2) is 7.02. The zero-order valence-corrected chi connectivity index (χ0v) is 12.9. The lowest BCUT2D eigenvalue weighted by atomic mass is 10.1. The van der Waals surface area contributed by atoms with E-state index in [0.717, 1.165) is 49.7 Å². The van der Waals surface area contributed by atoms with Crippen LogP contribution in [-0.2, 0) is 6.42 Å². The maximum absolute atomic E-state index is 4.59. The summed E-state index contributed by atoms with van der Waals surface area (Å²) in [7, 11) is 2.08. The average Bonchev–Trinajstić information content (AvgIpc) is 2.61. The number of pyridine rings is 2. The molecular formula is C17H21N5. The van der Waals surface area contributed by atoms with Gasteiger partial charge in [-0.15, -0.1) is 0 Å². The van der Waals surface area contributed by atoms with E-state index in [1.54, 1.807) is 0 Å². The SMILES string of the molecule is CN(CCc1ccncc1)c1ncccc1C1=NCCCN1. The number of aromatic nitrogens is 2. The highest BCUT2D eigenvalue weighted by molar-refractivity contribution is 6.03. The highest BCUT2D eigenvalue weighted by atomic mass is 15.2. The van der Waals surface area contributed by atoms with E-state index < -0.39 is 0 Å². The van der Waals surface area contributed by atoms with Crippen molar-refractivity contribution in [2.24, 2.45) is 4.99 Å². The lowest BCUT2D eigenvalue weighted by Crippen LogP contribution is -2.33. The van der Waals surface area contributed by atoms with Gasteiger partial charge < -0.3 is 10.2 Å². The van der Waals surface area contributed by atoms with Crippen LogP contribution < -0.4 is 10.2 Å². The van der Waals surface area contributed by atoms with Gasteiger partial charge in [-0.05, 0) is 42.7 Å². The Balaban J connectivity index is 1.75. The minimum atomic E-state index is 0.886. The van der Waals surface area contributed by atoms with Gasteiger partial charge in [0.2, 0.25) is 0 Å². The summed E-state index contributed by atoms with van der Waals surface area (Å²) in [6.45, 7) is 2.77. The van der Waals surface area contributed by atoms with Crippen molar-refractivity contribution in [3.8, 4) is 0 Å². The second-order valence-electron chi connectivity index (χ2n) is 5.41. The summed E-state index contributed by atoms with van der Waals surface area (Å²) in [4.78, 5) is 15.4. The number of likely N-dealkylation sites (N-methyl/N-ethyl adjacent to an activating group) is 1. The van der Waals surface area contributed by atoms with Crippen LogP contribution >= 0.6 is 0 Å². The van der Waals surface area contributed by atoms with E-state index in [9.17, 15) is 0 Å². The van der Waals surface area contributed by atoms with Crippen LogP contribution in [0.1, 0.15) is 17.5 Å². The van der Waals surface area contributed by atoms with Gasteiger partial charge in [-0.2, -0.15) is 0 Å². The van der Waals surface area contributed by atoms with Crippen LogP contribution in [-0.4, -0.2) is 42.5 Å². The molecule has 0 saturated carbocycles. The van der Waals surface area contributed by atoms with Crippen molar-refractivity contribution in [1.29, 1.82) is 0 Å². The Kier molecular flexibility index (Phi) is 4.63. The number of rotatable bonds is 5. The summed E-state index contributed by atoms with van der Waals surface area (Å²) in [5.74, 6) is 1.94. The first kappa shape index (κ1) is 14.5. The summed E-state index contributed by atoms with van der Waals surface area (Å²) in [6.07, 6.45) is 7.57. The van der Waals surface area contributed by atoms with E-state index in [-0.39, 0.29) is 0 Å². The van der Waals surface area contributed by atoms with E-state index in [1.807, 2.05) is 24.7 Å². The molecule has 22 heavy (non-hydrogen) atoms. The number of nitrogens with zero attached hydrogens (tertiary/aromatic N) is 4. The van der Waals surface area contributed by atoms with Gasteiger partial charge in [0, 0.05) is 45.3 Å². The third-order valence-electron chi connectivity index (χ3n) is 3.79. The molecule has 0 fully saturated rings. The van der Waals surface area contributed by atoms with Crippen molar-refractivity contribution in [3.05, 3.63) is 54.0 Å². The second-order valence-corrected chi connectivity index (χ2v) is 5.41. The Bertz CT molecular complexity index is 639. The van der Waals surface area contributed by atoms with Gasteiger partial charge in [0.05, 0.1) is 5.56 Å². The third kappa shape index (κ3) is 3.42. The van der Waals surface area contributed by atoms with Crippen LogP contribution in [0.25, 0.3) is 0 Å². The van der Waals surface area contributed by atoms with Gasteiger partial charge in [-0.3, -0.25) is 9.98 Å². The molecule has 3 heterocycles. The maximum atomic E-state index is 4.59. The summed E-state index contributed by atoms with van der Waals surface area (Å²) in [5.41, 5.74) is 2.37. The van der Waals surface area contributed by atoms with Crippen LogP contribution in [0.4, 0.5) is 5.82 Å². The molecular weight excluding hydrogens is 274 g/mol. The molecule has 2 aromatic rings. The fraction of sp³-hybridized carbons (Fsp3) is 0.353. The minimum absolute atomic E-state index is 0.886. The molecule has 0 aliphatic carbocycles. The van der Waals surface area contributed by atoms with Crippen molar-refractivity contribution in [3.63, 3.8) is 0 Å². The van der Waals surface area contributed by atoms with Gasteiger partial charge in [-0.25, -0.2) is 4.98 Å². The number of anilines is 1. The highest BCUT2D eigenvalue weighted by Crippen LogP contribution is 2.17. The van der Waals surface area contributed by atoms with Crippen molar-refractivity contribution in [2.75, 3.05) is 31.6 Å². The monoisotopic (exact) mass is 295 g/mol. The third-order valence-corrected chi connectivity index (χ3v) is 3.79. The first-order chi connectivity index (χ1) is 10.8. The molecule has 0 aromatic carbocycles. The fourth-order valence-corrected chi connectivity index (χ4v) is 2.55. The Hall–Kier alpha value is -2.43. The normalized spacial score (nSPS) is 14.1. The molecule has 5 nitrogen and oxygen atoms in total. The standard InChI is InChI=1S/C17H21N5/c1-22(13-7-14-5-11-18-12-6-14)17-15(4-2-8-21-17)16-19-9-3-10-20-16/h2,4-6,8,11-12H,3,7,9-10,13H2,1H3,(H,19,20). The van der Waals surface area contributed by atoms with Gasteiger partial charge in [0.25, 0.3) is 0 Å². The van der Waals surface area contributed by atoms with Crippen molar-refractivity contribution in [1.82, 2.24) is 15.3 Å². The molecule has 1 aliphatic heterocycles. The molecule has 114 valence electrons. The molecule has 1 N–H and O–H groups in total. The van der Waals surface area contributed by atoms with E-state index in [1.165, 1.54) is 5.56 Å². The topological polar surface area (TPSA) is 53.4 Å². The summed E-state index contributed by atoms with van der Waals surface area (Å²) < 4.78 is 0. The van der Waals surface area contributed by atoms with Gasteiger partial charge in [0.1, 0.15) is 11.7 Å². The van der Waals surface area contributed by atoms with Gasteiger partial charge >= 0.3 is 0 Å². The molecule has 0 unspecified atom stereocenters. The van der Waals surface area contributed by atoms with E-state index in [2.05, 4.69) is 50.4 Å². The Morgan fingerprint density at radius 1 is 1.18 bits per heavy atom. The quantitative estimate of drug-likeness (QED) is 0.915. The van der Waals surface area contributed by atoms with E-state index in [0.29, 0.717) is 0 Å². The van der Waals surface area contributed by atoms with Crippen molar-refractivity contribution in [2.45, 2.75) is 12.8 Å². The highest BCUT2D eigenvalue weighted by Gasteiger charge is 2.15. The van der Waals surface area contributed by atoms with Crippen LogP contribution in [0, 0.1) is 0 Å². The number of amidine groups is 1. The van der Waals surface area contributed by atoms with Crippen LogP contribution in [0.15, 0.2) is 47.8 Å². The Morgan fingerprint density at radius 3 is 2.82 bits per heavy atom. The zero-order chi connectivity index (χ0) is 15.2. The predicted octanol–water partition coefficient (Wildman–Crippen LogP) is 1.90. The maximum Gasteiger partial charge on any atom is 0.139 e. The number of nitrogens with one attached hydrogen (secondary N) is 1. The minimum Gasteiger partial charge on any atom is -0.370 e. The molecule has 5 heteroatoms. The van der Waals surface area contributed by atoms with Crippen molar-refractivity contribution < 1.29 is 0 Å². The van der Waals surface area contributed by atoms with E-state index >= 15 is 0 Å². The summed E-state index contributed by atoms with van der Waals surface area (Å²) in [6, 6.07) is 8.16. The lowest BCUT2D eigenvalue weighted by molar-refractivity contribution is 0.741. The van der Waals surface area contributed by atoms with E-state index in [4.69, 9.17) is 0 Å². The number of aliphatic imine (C=N–C) groups is 1. The van der Waals surface area contributed by atoms with Gasteiger partial charge in [0.15, 0.2) is 0 Å².